The Morgan fingerprint density at radius 1 is 0.966 bits per heavy atom. The third-order valence-corrected chi connectivity index (χ3v) is 5.59. The molecule has 0 saturated heterocycles. The van der Waals surface area contributed by atoms with E-state index in [9.17, 15) is 18.5 Å². The fourth-order valence-corrected chi connectivity index (χ4v) is 3.72. The molecule has 3 rings (SSSR count). The van der Waals surface area contributed by atoms with Crippen LogP contribution in [0.4, 0.5) is 5.69 Å². The number of rotatable bonds is 6. The molecule has 0 aliphatic carbocycles. The Balaban J connectivity index is 2.08. The van der Waals surface area contributed by atoms with Gasteiger partial charge in [0.25, 0.3) is 15.7 Å². The second kappa shape index (κ2) is 8.81. The standard InChI is InChI=1S/C21H15ClN2O4S/c22-20-13-12-18(24(25)26)15-17(20)11-14-21(16-7-3-1-4-8-16)23-29(27,28)19-9-5-2-6-10-19/h1-15H/b14-11+,23-21-. The van der Waals surface area contributed by atoms with Crippen molar-refractivity contribution in [2.75, 3.05) is 0 Å². The first kappa shape index (κ1) is 20.4. The van der Waals surface area contributed by atoms with Crippen molar-refractivity contribution in [3.63, 3.8) is 0 Å². The van der Waals surface area contributed by atoms with E-state index in [1.807, 2.05) is 0 Å². The van der Waals surface area contributed by atoms with Crippen LogP contribution in [0.1, 0.15) is 11.1 Å². The van der Waals surface area contributed by atoms with Crippen LogP contribution in [0.25, 0.3) is 6.08 Å². The summed E-state index contributed by atoms with van der Waals surface area (Å²) in [4.78, 5) is 10.5. The summed E-state index contributed by atoms with van der Waals surface area (Å²) in [6, 6.07) is 20.6. The van der Waals surface area contributed by atoms with Gasteiger partial charge in [-0.15, -0.1) is 0 Å². The molecule has 0 heterocycles. The second-order valence-electron chi connectivity index (χ2n) is 5.93. The molecule has 6 nitrogen and oxygen atoms in total. The summed E-state index contributed by atoms with van der Waals surface area (Å²) >= 11 is 6.13. The molecule has 3 aromatic rings. The minimum atomic E-state index is -3.95. The number of nitro benzene ring substituents is 1. The Morgan fingerprint density at radius 2 is 1.59 bits per heavy atom. The minimum absolute atomic E-state index is 0.0650. The van der Waals surface area contributed by atoms with Gasteiger partial charge in [-0.25, -0.2) is 0 Å². The summed E-state index contributed by atoms with van der Waals surface area (Å²) in [5, 5.41) is 11.3. The summed E-state index contributed by atoms with van der Waals surface area (Å²) in [7, 11) is -3.95. The maximum atomic E-state index is 12.7. The molecule has 0 spiro atoms. The van der Waals surface area contributed by atoms with E-state index in [0.29, 0.717) is 16.1 Å². The average Bonchev–Trinajstić information content (AvgIpc) is 2.73. The predicted octanol–water partition coefficient (Wildman–Crippen LogP) is 5.14. The van der Waals surface area contributed by atoms with Crippen LogP contribution in [0, 0.1) is 10.1 Å². The van der Waals surface area contributed by atoms with Crippen LogP contribution in [-0.2, 0) is 10.0 Å². The summed E-state index contributed by atoms with van der Waals surface area (Å²) in [6.45, 7) is 0. The van der Waals surface area contributed by atoms with E-state index in [0.717, 1.165) is 0 Å². The molecule has 0 aromatic heterocycles. The molecule has 0 N–H and O–H groups in total. The van der Waals surface area contributed by atoms with Crippen LogP contribution in [0.2, 0.25) is 5.02 Å². The van der Waals surface area contributed by atoms with Gasteiger partial charge >= 0.3 is 0 Å². The quantitative estimate of drug-likeness (QED) is 0.310. The number of allylic oxidation sites excluding steroid dienone is 1. The largest absolute Gasteiger partial charge is 0.282 e. The molecule has 0 fully saturated rings. The minimum Gasteiger partial charge on any atom is -0.258 e. The van der Waals surface area contributed by atoms with E-state index in [-0.39, 0.29) is 16.3 Å². The van der Waals surface area contributed by atoms with Crippen LogP contribution in [0.3, 0.4) is 0 Å². The van der Waals surface area contributed by atoms with Gasteiger partial charge in [0.05, 0.1) is 15.5 Å². The zero-order chi connectivity index (χ0) is 20.9. The monoisotopic (exact) mass is 426 g/mol. The van der Waals surface area contributed by atoms with Gasteiger partial charge in [0.15, 0.2) is 0 Å². The van der Waals surface area contributed by atoms with Gasteiger partial charge in [-0.3, -0.25) is 10.1 Å². The number of hydrogen-bond acceptors (Lipinski definition) is 4. The molecular formula is C21H15ClN2O4S. The molecule has 0 aliphatic heterocycles. The lowest BCUT2D eigenvalue weighted by Crippen LogP contribution is -2.04. The van der Waals surface area contributed by atoms with Crippen molar-refractivity contribution >= 4 is 39.1 Å². The maximum absolute atomic E-state index is 12.7. The average molecular weight is 427 g/mol. The van der Waals surface area contributed by atoms with Gasteiger partial charge in [-0.05, 0) is 29.8 Å². The fraction of sp³-hybridized carbons (Fsp3) is 0. The maximum Gasteiger partial charge on any atom is 0.282 e. The van der Waals surface area contributed by atoms with E-state index in [4.69, 9.17) is 11.6 Å². The van der Waals surface area contributed by atoms with Crippen molar-refractivity contribution in [1.29, 1.82) is 0 Å². The molecule has 0 unspecified atom stereocenters. The molecule has 0 atom stereocenters. The molecular weight excluding hydrogens is 412 g/mol. The highest BCUT2D eigenvalue weighted by Crippen LogP contribution is 2.24. The van der Waals surface area contributed by atoms with Crippen molar-refractivity contribution in [3.05, 3.63) is 111 Å². The molecule has 0 amide bonds. The van der Waals surface area contributed by atoms with E-state index in [2.05, 4.69) is 4.40 Å². The number of non-ortho nitro benzene ring substituents is 1. The van der Waals surface area contributed by atoms with Crippen molar-refractivity contribution in [2.24, 2.45) is 4.40 Å². The van der Waals surface area contributed by atoms with Gasteiger partial charge in [-0.2, -0.15) is 12.8 Å². The number of nitrogens with zero attached hydrogens (tertiary/aromatic N) is 2. The predicted molar refractivity (Wildman–Crippen MR) is 114 cm³/mol. The number of benzene rings is 3. The molecule has 0 aliphatic rings. The van der Waals surface area contributed by atoms with Crippen LogP contribution >= 0.6 is 11.6 Å². The third kappa shape index (κ3) is 5.16. The number of halogens is 1. The van der Waals surface area contributed by atoms with E-state index in [1.54, 1.807) is 48.5 Å². The van der Waals surface area contributed by atoms with Crippen molar-refractivity contribution in [2.45, 2.75) is 4.90 Å². The first-order valence-electron chi connectivity index (χ1n) is 8.44. The molecule has 0 bridgehead atoms. The smallest absolute Gasteiger partial charge is 0.258 e. The van der Waals surface area contributed by atoms with Crippen LogP contribution in [-0.4, -0.2) is 19.1 Å². The lowest BCUT2D eigenvalue weighted by atomic mass is 10.1. The molecule has 0 radical (unpaired) electrons. The lowest BCUT2D eigenvalue weighted by Gasteiger charge is -2.04. The number of hydrogen-bond donors (Lipinski definition) is 0. The Hall–Kier alpha value is -3.29. The highest BCUT2D eigenvalue weighted by atomic mass is 35.5. The van der Waals surface area contributed by atoms with Crippen LogP contribution in [0.15, 0.2) is 94.2 Å². The fourth-order valence-electron chi connectivity index (χ4n) is 2.50. The van der Waals surface area contributed by atoms with Crippen LogP contribution in [0.5, 0.6) is 0 Å². The Labute approximate surface area is 173 Å². The summed E-state index contributed by atoms with van der Waals surface area (Å²) in [6.07, 6.45) is 2.97. The van der Waals surface area contributed by atoms with Crippen molar-refractivity contribution in [3.8, 4) is 0 Å². The SMILES string of the molecule is O=[N+]([O-])c1ccc(Cl)c(/C=C/C(=N/S(=O)(=O)c2ccccc2)c2ccccc2)c1. The van der Waals surface area contributed by atoms with Crippen LogP contribution < -0.4 is 0 Å². The van der Waals surface area contributed by atoms with Gasteiger partial charge in [-0.1, -0.05) is 66.2 Å². The summed E-state index contributed by atoms with van der Waals surface area (Å²) < 4.78 is 29.4. The molecule has 8 heteroatoms. The highest BCUT2D eigenvalue weighted by molar-refractivity contribution is 7.90. The third-order valence-electron chi connectivity index (χ3n) is 3.94. The Bertz CT molecular complexity index is 1190. The number of nitro groups is 1. The first-order chi connectivity index (χ1) is 13.9. The lowest BCUT2D eigenvalue weighted by molar-refractivity contribution is -0.384. The Kier molecular flexibility index (Phi) is 6.21. The zero-order valence-corrected chi connectivity index (χ0v) is 16.5. The van der Waals surface area contributed by atoms with Gasteiger partial charge in [0, 0.05) is 22.7 Å². The normalized spacial score (nSPS) is 12.2. The van der Waals surface area contributed by atoms with E-state index < -0.39 is 14.9 Å². The second-order valence-corrected chi connectivity index (χ2v) is 7.94. The van der Waals surface area contributed by atoms with Gasteiger partial charge < -0.3 is 0 Å². The van der Waals surface area contributed by atoms with Gasteiger partial charge in [0.2, 0.25) is 0 Å². The number of sulfonamides is 1. The molecule has 146 valence electrons. The zero-order valence-electron chi connectivity index (χ0n) is 15.0. The first-order valence-corrected chi connectivity index (χ1v) is 10.3. The highest BCUT2D eigenvalue weighted by Gasteiger charge is 2.14. The summed E-state index contributed by atoms with van der Waals surface area (Å²) in [5.41, 5.74) is 1.01. The summed E-state index contributed by atoms with van der Waals surface area (Å²) in [5.74, 6) is 0. The van der Waals surface area contributed by atoms with Crippen molar-refractivity contribution in [1.82, 2.24) is 0 Å². The topological polar surface area (TPSA) is 89.6 Å². The van der Waals surface area contributed by atoms with Crippen molar-refractivity contribution < 1.29 is 13.3 Å². The van der Waals surface area contributed by atoms with E-state index >= 15 is 0 Å². The molecule has 0 saturated carbocycles. The van der Waals surface area contributed by atoms with Gasteiger partial charge in [0.1, 0.15) is 0 Å². The molecule has 29 heavy (non-hydrogen) atoms. The van der Waals surface area contributed by atoms with E-state index in [1.165, 1.54) is 42.5 Å². The molecule has 3 aromatic carbocycles. The Morgan fingerprint density at radius 3 is 2.21 bits per heavy atom.